The Hall–Kier alpha value is -2.08. The van der Waals surface area contributed by atoms with Crippen molar-refractivity contribution in [1.29, 1.82) is 0 Å². The molecule has 2 aromatic rings. The largest absolute Gasteiger partial charge is 0.461 e. The number of hydrogen-bond acceptors (Lipinski definition) is 5. The summed E-state index contributed by atoms with van der Waals surface area (Å²) in [6, 6.07) is 4.91. The van der Waals surface area contributed by atoms with Crippen LogP contribution in [-0.4, -0.2) is 28.8 Å². The van der Waals surface area contributed by atoms with E-state index in [2.05, 4.69) is 10.5 Å². The molecule has 1 atom stereocenters. The molecule has 1 unspecified atom stereocenters. The molecule has 0 aliphatic heterocycles. The lowest BCUT2D eigenvalue weighted by atomic mass is 10.1. The van der Waals surface area contributed by atoms with Crippen LogP contribution in [0.15, 0.2) is 33.4 Å². The number of carbonyl (C=O) groups excluding carboxylic acids is 1. The number of amides is 1. The summed E-state index contributed by atoms with van der Waals surface area (Å²) in [7, 11) is 0. The normalized spacial score (nSPS) is 12.3. The summed E-state index contributed by atoms with van der Waals surface area (Å²) in [4.78, 5) is 11.9. The molecule has 2 aromatic heterocycles. The summed E-state index contributed by atoms with van der Waals surface area (Å²) < 4.78 is 10.2. The average Bonchev–Trinajstić information content (AvgIpc) is 3.08. The van der Waals surface area contributed by atoms with Gasteiger partial charge in [-0.25, -0.2) is 0 Å². The molecule has 2 heterocycles. The highest BCUT2D eigenvalue weighted by atomic mass is 16.5. The van der Waals surface area contributed by atoms with Gasteiger partial charge in [-0.3, -0.25) is 4.79 Å². The van der Waals surface area contributed by atoms with E-state index in [0.717, 1.165) is 6.42 Å². The van der Waals surface area contributed by atoms with E-state index in [1.54, 1.807) is 12.1 Å². The Morgan fingerprint density at radius 1 is 1.53 bits per heavy atom. The molecule has 0 fully saturated rings. The number of carbonyl (C=O) groups is 1. The lowest BCUT2D eigenvalue weighted by molar-refractivity contribution is 0.0920. The third-order valence-electron chi connectivity index (χ3n) is 2.81. The fraction of sp³-hybridized carbons (Fsp3) is 0.385. The van der Waals surface area contributed by atoms with Gasteiger partial charge in [0.2, 0.25) is 5.76 Å². The molecule has 0 spiro atoms. The van der Waals surface area contributed by atoms with E-state index in [-0.39, 0.29) is 24.2 Å². The van der Waals surface area contributed by atoms with Gasteiger partial charge in [0.15, 0.2) is 11.5 Å². The van der Waals surface area contributed by atoms with Crippen molar-refractivity contribution >= 4 is 5.91 Å². The van der Waals surface area contributed by atoms with Crippen LogP contribution in [0, 0.1) is 0 Å². The van der Waals surface area contributed by atoms with Crippen LogP contribution >= 0.6 is 0 Å². The van der Waals surface area contributed by atoms with Gasteiger partial charge in [0, 0.05) is 18.7 Å². The van der Waals surface area contributed by atoms with Crippen molar-refractivity contribution in [2.24, 2.45) is 0 Å². The minimum absolute atomic E-state index is 0.0370. The van der Waals surface area contributed by atoms with Crippen LogP contribution in [0.1, 0.15) is 30.3 Å². The van der Waals surface area contributed by atoms with Crippen molar-refractivity contribution in [2.45, 2.75) is 25.8 Å². The highest BCUT2D eigenvalue weighted by Gasteiger charge is 2.17. The van der Waals surface area contributed by atoms with Gasteiger partial charge in [-0.1, -0.05) is 12.1 Å². The summed E-state index contributed by atoms with van der Waals surface area (Å²) >= 11 is 0. The summed E-state index contributed by atoms with van der Waals surface area (Å²) in [6.07, 6.45) is 2.78. The second kappa shape index (κ2) is 6.19. The Kier molecular flexibility index (Phi) is 4.35. The second-order valence-corrected chi connectivity index (χ2v) is 4.14. The predicted molar refractivity (Wildman–Crippen MR) is 67.5 cm³/mol. The van der Waals surface area contributed by atoms with Crippen LogP contribution in [0.5, 0.6) is 0 Å². The number of nitrogens with zero attached hydrogens (tertiary/aromatic N) is 1. The molecule has 0 aliphatic rings. The molecule has 6 nitrogen and oxygen atoms in total. The molecular formula is C13H16N2O4. The molecule has 19 heavy (non-hydrogen) atoms. The van der Waals surface area contributed by atoms with Crippen molar-refractivity contribution in [3.63, 3.8) is 0 Å². The van der Waals surface area contributed by atoms with Gasteiger partial charge in [-0.05, 0) is 25.0 Å². The number of hydrogen-bond donors (Lipinski definition) is 2. The number of aliphatic hydroxyl groups excluding tert-OH is 1. The van der Waals surface area contributed by atoms with Crippen LogP contribution < -0.4 is 5.32 Å². The predicted octanol–water partition coefficient (Wildman–Crippen LogP) is 1.83. The van der Waals surface area contributed by atoms with Crippen LogP contribution in [0.2, 0.25) is 0 Å². The van der Waals surface area contributed by atoms with Gasteiger partial charge in [0.05, 0.1) is 6.26 Å². The third-order valence-corrected chi connectivity index (χ3v) is 2.81. The quantitative estimate of drug-likeness (QED) is 0.830. The maximum atomic E-state index is 11.9. The smallest absolute Gasteiger partial charge is 0.273 e. The molecule has 0 saturated carbocycles. The Balaban J connectivity index is 2.04. The zero-order valence-electron chi connectivity index (χ0n) is 10.6. The minimum atomic E-state index is -0.318. The topological polar surface area (TPSA) is 88.5 Å². The maximum Gasteiger partial charge on any atom is 0.273 e. The molecule has 0 aliphatic carbocycles. The molecule has 0 saturated heterocycles. The summed E-state index contributed by atoms with van der Waals surface area (Å²) in [6.45, 7) is 1.98. The van der Waals surface area contributed by atoms with E-state index in [1.807, 2.05) is 6.92 Å². The molecule has 0 radical (unpaired) electrons. The Bertz CT molecular complexity index is 518. The zero-order valence-corrected chi connectivity index (χ0v) is 10.6. The molecule has 0 aromatic carbocycles. The van der Waals surface area contributed by atoms with Gasteiger partial charge >= 0.3 is 0 Å². The van der Waals surface area contributed by atoms with Gasteiger partial charge in [0.1, 0.15) is 0 Å². The molecule has 2 rings (SSSR count). The fourth-order valence-corrected chi connectivity index (χ4v) is 1.71. The van der Waals surface area contributed by atoms with Gasteiger partial charge in [-0.2, -0.15) is 0 Å². The van der Waals surface area contributed by atoms with E-state index in [4.69, 9.17) is 14.0 Å². The third kappa shape index (κ3) is 3.23. The number of nitrogens with one attached hydrogen (secondary N) is 1. The molecule has 1 amide bonds. The lowest BCUT2D eigenvalue weighted by Gasteiger charge is -2.14. The lowest BCUT2D eigenvalue weighted by Crippen LogP contribution is -2.35. The summed E-state index contributed by atoms with van der Waals surface area (Å²) in [5.41, 5.74) is 0.197. The zero-order chi connectivity index (χ0) is 13.7. The fourth-order valence-electron chi connectivity index (χ4n) is 1.71. The highest BCUT2D eigenvalue weighted by Crippen LogP contribution is 2.20. The summed E-state index contributed by atoms with van der Waals surface area (Å²) in [5, 5.41) is 15.4. The van der Waals surface area contributed by atoms with E-state index >= 15 is 0 Å². The monoisotopic (exact) mass is 264 g/mol. The first kappa shape index (κ1) is 13.4. The van der Waals surface area contributed by atoms with Crippen molar-refractivity contribution in [3.8, 4) is 11.5 Å². The van der Waals surface area contributed by atoms with Crippen LogP contribution in [0.4, 0.5) is 0 Å². The van der Waals surface area contributed by atoms with E-state index in [0.29, 0.717) is 17.9 Å². The average molecular weight is 264 g/mol. The first-order valence-electron chi connectivity index (χ1n) is 6.17. The Morgan fingerprint density at radius 3 is 3.00 bits per heavy atom. The standard InChI is InChI=1S/C13H16N2O4/c1-2-9(5-6-16)14-13(17)10-8-12(19-15-10)11-4-3-7-18-11/h3-4,7-9,16H,2,5-6H2,1H3,(H,14,17). The molecule has 0 bridgehead atoms. The molecule has 102 valence electrons. The van der Waals surface area contributed by atoms with Crippen molar-refractivity contribution < 1.29 is 18.8 Å². The second-order valence-electron chi connectivity index (χ2n) is 4.14. The van der Waals surface area contributed by atoms with Gasteiger partial charge in [-0.15, -0.1) is 0 Å². The SMILES string of the molecule is CCC(CCO)NC(=O)c1cc(-c2ccco2)on1. The first-order chi connectivity index (χ1) is 9.24. The maximum absolute atomic E-state index is 11.9. The van der Waals surface area contributed by atoms with Crippen molar-refractivity contribution in [2.75, 3.05) is 6.61 Å². The Morgan fingerprint density at radius 2 is 2.37 bits per heavy atom. The molecule has 6 heteroatoms. The van der Waals surface area contributed by atoms with Crippen LogP contribution in [0.25, 0.3) is 11.5 Å². The number of furan rings is 1. The van der Waals surface area contributed by atoms with E-state index < -0.39 is 0 Å². The van der Waals surface area contributed by atoms with Crippen molar-refractivity contribution in [3.05, 3.63) is 30.2 Å². The molecular weight excluding hydrogens is 248 g/mol. The van der Waals surface area contributed by atoms with Crippen molar-refractivity contribution in [1.82, 2.24) is 10.5 Å². The summed E-state index contributed by atoms with van der Waals surface area (Å²) in [5.74, 6) is 0.612. The highest BCUT2D eigenvalue weighted by molar-refractivity contribution is 5.93. The van der Waals surface area contributed by atoms with E-state index in [1.165, 1.54) is 12.3 Å². The van der Waals surface area contributed by atoms with Crippen LogP contribution in [-0.2, 0) is 0 Å². The minimum Gasteiger partial charge on any atom is -0.461 e. The number of rotatable bonds is 6. The number of aromatic nitrogens is 1. The first-order valence-corrected chi connectivity index (χ1v) is 6.17. The van der Waals surface area contributed by atoms with E-state index in [9.17, 15) is 4.79 Å². The molecule has 2 N–H and O–H groups in total. The Labute approximate surface area is 110 Å². The van der Waals surface area contributed by atoms with Gasteiger partial charge < -0.3 is 19.4 Å². The van der Waals surface area contributed by atoms with Gasteiger partial charge in [0.25, 0.3) is 5.91 Å². The van der Waals surface area contributed by atoms with Crippen LogP contribution in [0.3, 0.4) is 0 Å². The number of aliphatic hydroxyl groups is 1.